The molecule has 0 aliphatic rings. The molecule has 0 aliphatic heterocycles. The monoisotopic (exact) mass is 386 g/mol. The van der Waals surface area contributed by atoms with Crippen LogP contribution in [0.4, 0.5) is 0 Å². The summed E-state index contributed by atoms with van der Waals surface area (Å²) in [5.41, 5.74) is 4.32. The van der Waals surface area contributed by atoms with Crippen LogP contribution < -0.4 is 14.9 Å². The number of methoxy groups -OCH3 is 2. The van der Waals surface area contributed by atoms with E-state index >= 15 is 0 Å². The number of aromatic amines is 1. The molecule has 0 fully saturated rings. The molecule has 0 saturated heterocycles. The summed E-state index contributed by atoms with van der Waals surface area (Å²) in [6.45, 7) is 2.68. The molecule has 0 atom stereocenters. The summed E-state index contributed by atoms with van der Waals surface area (Å²) >= 11 is 8.80. The highest BCUT2D eigenvalue weighted by molar-refractivity contribution is 9.10. The van der Waals surface area contributed by atoms with Gasteiger partial charge in [-0.05, 0) is 36.3 Å². The Bertz CT molecular complexity index is 699. The van der Waals surface area contributed by atoms with Gasteiger partial charge in [0.15, 0.2) is 17.3 Å². The zero-order valence-electron chi connectivity index (χ0n) is 12.8. The number of halogens is 1. The van der Waals surface area contributed by atoms with Gasteiger partial charge in [0.1, 0.15) is 0 Å². The van der Waals surface area contributed by atoms with Crippen molar-refractivity contribution in [2.45, 2.75) is 26.3 Å². The summed E-state index contributed by atoms with van der Waals surface area (Å²) in [5.74, 6) is 2.26. The number of H-pyrrole nitrogens is 1. The number of benzene rings is 1. The molecular formula is C14H19BrN4O2S. The fourth-order valence-electron chi connectivity index (χ4n) is 2.08. The smallest absolute Gasteiger partial charge is 0.214 e. The Balaban J connectivity index is 2.22. The Labute approximate surface area is 142 Å². The lowest BCUT2D eigenvalue weighted by atomic mass is 10.2. The molecule has 0 aliphatic carbocycles. The van der Waals surface area contributed by atoms with Gasteiger partial charge in [-0.3, -0.25) is 5.10 Å². The van der Waals surface area contributed by atoms with Crippen molar-refractivity contribution in [2.75, 3.05) is 19.6 Å². The maximum atomic E-state index is 5.34. The number of hydrogen-bond acceptors (Lipinski definition) is 5. The third kappa shape index (κ3) is 3.61. The maximum absolute atomic E-state index is 5.34. The highest BCUT2D eigenvalue weighted by Gasteiger charge is 2.11. The van der Waals surface area contributed by atoms with E-state index in [1.54, 1.807) is 14.2 Å². The largest absolute Gasteiger partial charge is 0.493 e. The van der Waals surface area contributed by atoms with Gasteiger partial charge in [-0.1, -0.05) is 22.9 Å². The highest BCUT2D eigenvalue weighted by atomic mass is 79.9. The first kappa shape index (κ1) is 16.8. The Morgan fingerprint density at radius 2 is 2.00 bits per heavy atom. The van der Waals surface area contributed by atoms with Gasteiger partial charge in [-0.15, -0.1) is 0 Å². The van der Waals surface area contributed by atoms with Crippen LogP contribution in [0.2, 0.25) is 0 Å². The molecule has 2 aromatic rings. The van der Waals surface area contributed by atoms with Gasteiger partial charge < -0.3 is 14.9 Å². The molecule has 1 heterocycles. The maximum Gasteiger partial charge on any atom is 0.214 e. The first-order valence-electron chi connectivity index (χ1n) is 6.91. The van der Waals surface area contributed by atoms with Gasteiger partial charge in [-0.25, -0.2) is 4.68 Å². The van der Waals surface area contributed by atoms with Crippen molar-refractivity contribution in [3.05, 3.63) is 32.8 Å². The predicted molar refractivity (Wildman–Crippen MR) is 91.7 cm³/mol. The third-order valence-electron chi connectivity index (χ3n) is 3.20. The van der Waals surface area contributed by atoms with Crippen LogP contribution in [0.15, 0.2) is 16.6 Å². The molecule has 22 heavy (non-hydrogen) atoms. The van der Waals surface area contributed by atoms with E-state index in [4.69, 9.17) is 21.7 Å². The quantitative estimate of drug-likeness (QED) is 0.713. The first-order chi connectivity index (χ1) is 10.6. The van der Waals surface area contributed by atoms with Crippen LogP contribution in [-0.4, -0.2) is 29.1 Å². The van der Waals surface area contributed by atoms with E-state index in [0.717, 1.165) is 28.7 Å². The fourth-order valence-corrected chi connectivity index (χ4v) is 2.76. The van der Waals surface area contributed by atoms with Crippen LogP contribution >= 0.6 is 28.1 Å². The summed E-state index contributed by atoms with van der Waals surface area (Å²) in [5, 5.41) is 7.04. The van der Waals surface area contributed by atoms with E-state index in [1.807, 2.05) is 16.8 Å². The summed E-state index contributed by atoms with van der Waals surface area (Å²) in [6, 6.07) is 3.82. The number of nitrogens with zero attached hydrogens (tertiary/aromatic N) is 2. The average molecular weight is 387 g/mol. The van der Waals surface area contributed by atoms with Crippen LogP contribution in [0.25, 0.3) is 0 Å². The predicted octanol–water partition coefficient (Wildman–Crippen LogP) is 3.42. The number of hydrogen-bond donors (Lipinski definition) is 2. The minimum Gasteiger partial charge on any atom is -0.493 e. The molecule has 0 spiro atoms. The molecule has 1 aromatic heterocycles. The summed E-state index contributed by atoms with van der Waals surface area (Å²) in [7, 11) is 3.23. The lowest BCUT2D eigenvalue weighted by Crippen LogP contribution is -2.18. The molecule has 6 nitrogen and oxygen atoms in total. The lowest BCUT2D eigenvalue weighted by Gasteiger charge is -2.14. The topological polar surface area (TPSA) is 64.1 Å². The van der Waals surface area contributed by atoms with E-state index in [-0.39, 0.29) is 0 Å². The van der Waals surface area contributed by atoms with E-state index in [9.17, 15) is 0 Å². The van der Waals surface area contributed by atoms with E-state index in [1.165, 1.54) is 0 Å². The Kier molecular flexibility index (Phi) is 5.84. The van der Waals surface area contributed by atoms with Crippen LogP contribution in [0.5, 0.6) is 11.5 Å². The molecule has 0 saturated carbocycles. The fraction of sp³-hybridized carbons (Fsp3) is 0.429. The van der Waals surface area contributed by atoms with E-state index in [0.29, 0.717) is 22.8 Å². The van der Waals surface area contributed by atoms with Gasteiger partial charge in [0.25, 0.3) is 0 Å². The van der Waals surface area contributed by atoms with Crippen LogP contribution in [0.3, 0.4) is 0 Å². The molecule has 120 valence electrons. The molecule has 0 bridgehead atoms. The zero-order chi connectivity index (χ0) is 16.1. The summed E-state index contributed by atoms with van der Waals surface area (Å²) in [4.78, 5) is 0. The third-order valence-corrected chi connectivity index (χ3v) is 4.21. The SMILES string of the molecule is CCCc1n[nH]c(=S)n1NCc1cc(OC)c(OC)cc1Br. The zero-order valence-corrected chi connectivity index (χ0v) is 15.2. The van der Waals surface area contributed by atoms with Crippen LogP contribution in [0.1, 0.15) is 24.7 Å². The molecule has 0 radical (unpaired) electrons. The van der Waals surface area contributed by atoms with Gasteiger partial charge in [-0.2, -0.15) is 5.10 Å². The van der Waals surface area contributed by atoms with Gasteiger partial charge >= 0.3 is 0 Å². The number of aromatic nitrogens is 3. The van der Waals surface area contributed by atoms with Gasteiger partial charge in [0.05, 0.1) is 20.8 Å². The molecule has 2 rings (SSSR count). The second-order valence-corrected chi connectivity index (χ2v) is 5.90. The van der Waals surface area contributed by atoms with E-state index < -0.39 is 0 Å². The Hall–Kier alpha value is -1.54. The van der Waals surface area contributed by atoms with Crippen LogP contribution in [-0.2, 0) is 13.0 Å². The van der Waals surface area contributed by atoms with E-state index in [2.05, 4.69) is 38.5 Å². The van der Waals surface area contributed by atoms with Crippen molar-refractivity contribution in [3.8, 4) is 11.5 Å². The Morgan fingerprint density at radius 1 is 1.32 bits per heavy atom. The lowest BCUT2D eigenvalue weighted by molar-refractivity contribution is 0.354. The molecular weight excluding hydrogens is 368 g/mol. The van der Waals surface area contributed by atoms with Crippen molar-refractivity contribution in [3.63, 3.8) is 0 Å². The molecule has 0 amide bonds. The number of ether oxygens (including phenoxy) is 2. The number of aryl methyl sites for hydroxylation is 1. The average Bonchev–Trinajstić information content (AvgIpc) is 2.86. The standard InChI is InChI=1S/C14H19BrN4O2S/c1-4-5-13-17-18-14(22)19(13)16-8-9-6-11(20-2)12(21-3)7-10(9)15/h6-7,16H,4-5,8H2,1-3H3,(H,18,22). The van der Waals surface area contributed by atoms with Crippen molar-refractivity contribution < 1.29 is 9.47 Å². The second kappa shape index (κ2) is 7.64. The molecule has 0 unspecified atom stereocenters. The first-order valence-corrected chi connectivity index (χ1v) is 8.11. The number of rotatable bonds is 7. The second-order valence-electron chi connectivity index (χ2n) is 4.66. The summed E-state index contributed by atoms with van der Waals surface area (Å²) < 4.78 is 13.9. The van der Waals surface area contributed by atoms with Crippen LogP contribution in [0, 0.1) is 4.77 Å². The molecule has 2 N–H and O–H groups in total. The van der Waals surface area contributed by atoms with Crippen molar-refractivity contribution in [1.29, 1.82) is 0 Å². The summed E-state index contributed by atoms with van der Waals surface area (Å²) in [6.07, 6.45) is 1.86. The number of nitrogens with one attached hydrogen (secondary N) is 2. The normalized spacial score (nSPS) is 10.5. The minimum absolute atomic E-state index is 0.556. The van der Waals surface area contributed by atoms with Gasteiger partial charge in [0.2, 0.25) is 4.77 Å². The highest BCUT2D eigenvalue weighted by Crippen LogP contribution is 2.33. The molecule has 8 heteroatoms. The minimum atomic E-state index is 0.556. The van der Waals surface area contributed by atoms with Gasteiger partial charge in [0, 0.05) is 10.9 Å². The van der Waals surface area contributed by atoms with Crippen molar-refractivity contribution in [2.24, 2.45) is 0 Å². The Morgan fingerprint density at radius 3 is 2.64 bits per heavy atom. The molecule has 1 aromatic carbocycles. The van der Waals surface area contributed by atoms with Crippen molar-refractivity contribution in [1.82, 2.24) is 14.9 Å². The van der Waals surface area contributed by atoms with Crippen molar-refractivity contribution >= 4 is 28.1 Å².